The second-order valence-corrected chi connectivity index (χ2v) is 6.81. The number of carboxylic acid groups (broad SMARTS) is 1. The summed E-state index contributed by atoms with van der Waals surface area (Å²) in [6.07, 6.45) is 0.683. The van der Waals surface area contributed by atoms with Crippen LogP contribution in [0.25, 0.3) is 0 Å². The summed E-state index contributed by atoms with van der Waals surface area (Å²) in [7, 11) is 0.204. The highest BCUT2D eigenvalue weighted by Crippen LogP contribution is 2.19. The molecule has 0 atom stereocenters. The topological polar surface area (TPSA) is 90.7 Å². The molecule has 0 fully saturated rings. The number of benzene rings is 1. The van der Waals surface area contributed by atoms with Crippen molar-refractivity contribution in [1.82, 2.24) is 4.72 Å². The number of nitrogens with one attached hydrogen (secondary N) is 2. The lowest BCUT2D eigenvalue weighted by Gasteiger charge is -2.11. The molecule has 0 saturated heterocycles. The van der Waals surface area contributed by atoms with Gasteiger partial charge in [0.25, 0.3) is 0 Å². The van der Waals surface area contributed by atoms with Crippen molar-refractivity contribution in [3.05, 3.63) is 28.8 Å². The van der Waals surface area contributed by atoms with Crippen LogP contribution in [0.1, 0.15) is 16.8 Å². The van der Waals surface area contributed by atoms with Gasteiger partial charge in [-0.25, -0.2) is 13.1 Å². The number of quaternary nitrogens is 1. The molecule has 0 bridgehead atoms. The number of hydrogen-bond acceptors (Lipinski definition) is 4. The first-order chi connectivity index (χ1) is 9.24. The lowest BCUT2D eigenvalue weighted by molar-refractivity contribution is -0.858. The number of rotatable bonds is 7. The summed E-state index contributed by atoms with van der Waals surface area (Å²) in [5.74, 6) is -1.51. The second kappa shape index (κ2) is 7.03. The Morgan fingerprint density at radius 2 is 2.05 bits per heavy atom. The van der Waals surface area contributed by atoms with Crippen LogP contribution in [0.5, 0.6) is 0 Å². The minimum Gasteiger partial charge on any atom is -0.545 e. The summed E-state index contributed by atoms with van der Waals surface area (Å²) in [6.45, 7) is 1.12. The number of aromatic carboxylic acids is 1. The lowest BCUT2D eigenvalue weighted by atomic mass is 10.2. The van der Waals surface area contributed by atoms with Crippen molar-refractivity contribution in [1.29, 1.82) is 0 Å². The molecule has 20 heavy (non-hydrogen) atoms. The average Bonchev–Trinajstić information content (AvgIpc) is 2.34. The largest absolute Gasteiger partial charge is 0.545 e. The Bertz CT molecular complexity index is 587. The number of hydrogen-bond donors (Lipinski definition) is 2. The van der Waals surface area contributed by atoms with Crippen LogP contribution in [0.15, 0.2) is 23.1 Å². The van der Waals surface area contributed by atoms with E-state index in [4.69, 9.17) is 11.6 Å². The van der Waals surface area contributed by atoms with Crippen molar-refractivity contribution in [2.45, 2.75) is 11.3 Å². The highest BCUT2D eigenvalue weighted by atomic mass is 35.5. The van der Waals surface area contributed by atoms with Crippen LogP contribution in [0, 0.1) is 0 Å². The maximum atomic E-state index is 12.0. The first-order valence-electron chi connectivity index (χ1n) is 6.03. The molecule has 0 heterocycles. The van der Waals surface area contributed by atoms with E-state index in [1.165, 1.54) is 17.0 Å². The zero-order valence-electron chi connectivity index (χ0n) is 11.3. The van der Waals surface area contributed by atoms with Gasteiger partial charge in [-0.2, -0.15) is 0 Å². The van der Waals surface area contributed by atoms with Gasteiger partial charge in [0.1, 0.15) is 0 Å². The Morgan fingerprint density at radius 1 is 1.40 bits per heavy atom. The second-order valence-electron chi connectivity index (χ2n) is 4.64. The fraction of sp³-hybridized carbons (Fsp3) is 0.417. The number of halogens is 1. The lowest BCUT2D eigenvalue weighted by Crippen LogP contribution is -3.05. The van der Waals surface area contributed by atoms with Gasteiger partial charge >= 0.3 is 0 Å². The van der Waals surface area contributed by atoms with Gasteiger partial charge in [0.2, 0.25) is 10.0 Å². The average molecular weight is 321 g/mol. The zero-order valence-corrected chi connectivity index (χ0v) is 12.8. The normalized spacial score (nSPS) is 11.8. The molecule has 0 amide bonds. The summed E-state index contributed by atoms with van der Waals surface area (Å²) in [4.78, 5) is 11.9. The van der Waals surface area contributed by atoms with Gasteiger partial charge in [0, 0.05) is 23.6 Å². The molecule has 1 aromatic carbocycles. The highest BCUT2D eigenvalue weighted by molar-refractivity contribution is 7.89. The van der Waals surface area contributed by atoms with Crippen molar-refractivity contribution >= 4 is 27.6 Å². The minimum absolute atomic E-state index is 0.0554. The molecule has 6 nitrogen and oxygen atoms in total. The van der Waals surface area contributed by atoms with E-state index in [1.807, 2.05) is 14.1 Å². The number of carbonyl (C=O) groups is 1. The van der Waals surface area contributed by atoms with Crippen LogP contribution in [-0.4, -0.2) is 41.6 Å². The fourth-order valence-electron chi connectivity index (χ4n) is 1.56. The van der Waals surface area contributed by atoms with Crippen molar-refractivity contribution in [2.75, 3.05) is 27.2 Å². The molecule has 1 rings (SSSR count). The monoisotopic (exact) mass is 320 g/mol. The van der Waals surface area contributed by atoms with E-state index in [2.05, 4.69) is 4.72 Å². The first-order valence-corrected chi connectivity index (χ1v) is 7.90. The Kier molecular flexibility index (Phi) is 5.94. The van der Waals surface area contributed by atoms with Gasteiger partial charge in [-0.3, -0.25) is 0 Å². The molecule has 0 spiro atoms. The van der Waals surface area contributed by atoms with Crippen LogP contribution in [-0.2, 0) is 10.0 Å². The molecule has 0 saturated carbocycles. The maximum Gasteiger partial charge on any atom is 0.240 e. The fourth-order valence-corrected chi connectivity index (χ4v) is 2.85. The molecular formula is C12H17ClN2O4S. The molecule has 0 aliphatic rings. The Morgan fingerprint density at radius 3 is 2.60 bits per heavy atom. The van der Waals surface area contributed by atoms with Gasteiger partial charge in [0.05, 0.1) is 31.5 Å². The molecule has 2 N–H and O–H groups in total. The summed E-state index contributed by atoms with van der Waals surface area (Å²) >= 11 is 5.66. The van der Waals surface area contributed by atoms with Gasteiger partial charge < -0.3 is 14.8 Å². The molecule has 8 heteroatoms. The molecule has 0 aliphatic carbocycles. The smallest absolute Gasteiger partial charge is 0.240 e. The molecule has 0 unspecified atom stereocenters. The predicted octanol–water partition coefficient (Wildman–Crippen LogP) is -1.48. The Labute approximate surface area is 123 Å². The Hall–Kier alpha value is -1.15. The highest BCUT2D eigenvalue weighted by Gasteiger charge is 2.15. The van der Waals surface area contributed by atoms with Crippen molar-refractivity contribution < 1.29 is 23.2 Å². The third-order valence-electron chi connectivity index (χ3n) is 2.61. The van der Waals surface area contributed by atoms with E-state index in [0.717, 1.165) is 12.6 Å². The summed E-state index contributed by atoms with van der Waals surface area (Å²) in [6, 6.07) is 3.48. The van der Waals surface area contributed by atoms with Crippen molar-refractivity contribution in [3.8, 4) is 0 Å². The van der Waals surface area contributed by atoms with Crippen LogP contribution < -0.4 is 14.7 Å². The number of carboxylic acids is 1. The van der Waals surface area contributed by atoms with E-state index in [0.29, 0.717) is 6.42 Å². The molecule has 112 valence electrons. The van der Waals surface area contributed by atoms with Crippen molar-refractivity contribution in [2.24, 2.45) is 0 Å². The first kappa shape index (κ1) is 16.9. The molecular weight excluding hydrogens is 304 g/mol. The summed E-state index contributed by atoms with van der Waals surface area (Å²) in [5, 5.41) is 10.8. The van der Waals surface area contributed by atoms with E-state index in [1.54, 1.807) is 0 Å². The zero-order chi connectivity index (χ0) is 15.3. The van der Waals surface area contributed by atoms with Crippen molar-refractivity contribution in [3.63, 3.8) is 0 Å². The van der Waals surface area contributed by atoms with Gasteiger partial charge in [-0.15, -0.1) is 0 Å². The minimum atomic E-state index is -3.74. The van der Waals surface area contributed by atoms with E-state index in [-0.39, 0.29) is 22.0 Å². The van der Waals surface area contributed by atoms with E-state index in [9.17, 15) is 18.3 Å². The van der Waals surface area contributed by atoms with E-state index >= 15 is 0 Å². The van der Waals surface area contributed by atoms with Crippen LogP contribution in [0.3, 0.4) is 0 Å². The quantitative estimate of drug-likeness (QED) is 0.599. The summed E-state index contributed by atoms with van der Waals surface area (Å²) < 4.78 is 26.4. The third kappa shape index (κ3) is 4.75. The number of carbonyl (C=O) groups excluding carboxylic acids is 1. The van der Waals surface area contributed by atoms with Crippen LogP contribution in [0.4, 0.5) is 0 Å². The molecule has 1 aromatic rings. The van der Waals surface area contributed by atoms with Gasteiger partial charge in [-0.05, 0) is 18.2 Å². The van der Waals surface area contributed by atoms with Gasteiger partial charge in [-0.1, -0.05) is 11.6 Å². The number of sulfonamides is 1. The predicted molar refractivity (Wildman–Crippen MR) is 73.3 cm³/mol. The maximum absolute atomic E-state index is 12.0. The Balaban J connectivity index is 2.82. The van der Waals surface area contributed by atoms with E-state index < -0.39 is 16.0 Å². The van der Waals surface area contributed by atoms with Gasteiger partial charge in [0.15, 0.2) is 0 Å². The van der Waals surface area contributed by atoms with Crippen LogP contribution in [0.2, 0.25) is 5.02 Å². The molecule has 0 radical (unpaired) electrons. The third-order valence-corrected chi connectivity index (χ3v) is 4.40. The van der Waals surface area contributed by atoms with Crippen LogP contribution >= 0.6 is 11.6 Å². The molecule has 0 aliphatic heterocycles. The summed E-state index contributed by atoms with van der Waals surface area (Å²) in [5.41, 5.74) is -0.340. The molecule has 0 aromatic heterocycles. The SMILES string of the molecule is C[NH+](C)CCCNS(=O)(=O)c1ccc(Cl)c(C(=O)[O-])c1. The standard InChI is InChI=1S/C12H17ClN2O4S/c1-15(2)7-3-6-14-20(18,19)9-4-5-11(13)10(8-9)12(16)17/h4-5,8,14H,3,6-7H2,1-2H3,(H,16,17).